The molecular formula is C28H24N6O. The molecule has 172 valence electrons. The standard InChI is InChI=1S/C28H24N6O/c1-19-7-6-8-20(15-19)26-27(33(18-31-26)25-17-29-13-14-30-25)21-11-12-23-24(16-21)32(2)28(35)34(23)22-9-4-3-5-10-22/h3-17,31H,18H2,1-2H3. The fourth-order valence-electron chi connectivity index (χ4n) is 4.73. The van der Waals surface area contributed by atoms with E-state index in [0.29, 0.717) is 6.67 Å². The van der Waals surface area contributed by atoms with E-state index < -0.39 is 0 Å². The van der Waals surface area contributed by atoms with Gasteiger partial charge in [-0.25, -0.2) is 9.78 Å². The second kappa shape index (κ2) is 8.29. The summed E-state index contributed by atoms with van der Waals surface area (Å²) < 4.78 is 3.45. The van der Waals surface area contributed by atoms with Crippen molar-refractivity contribution in [2.45, 2.75) is 6.92 Å². The highest BCUT2D eigenvalue weighted by atomic mass is 16.1. The summed E-state index contributed by atoms with van der Waals surface area (Å²) in [6, 6.07) is 24.3. The molecule has 0 spiro atoms. The maximum absolute atomic E-state index is 13.2. The summed E-state index contributed by atoms with van der Waals surface area (Å²) in [5.41, 5.74) is 7.79. The molecule has 7 heteroatoms. The molecule has 1 aliphatic rings. The third kappa shape index (κ3) is 3.49. The van der Waals surface area contributed by atoms with Gasteiger partial charge < -0.3 is 10.2 Å². The van der Waals surface area contributed by atoms with Crippen LogP contribution < -0.4 is 15.9 Å². The van der Waals surface area contributed by atoms with Crippen LogP contribution in [0.15, 0.2) is 96.2 Å². The van der Waals surface area contributed by atoms with Crippen LogP contribution in [0.4, 0.5) is 5.82 Å². The lowest BCUT2D eigenvalue weighted by molar-refractivity contribution is 0.846. The topological polar surface area (TPSA) is 68.0 Å². The number of aryl methyl sites for hydroxylation is 2. The Kier molecular flexibility index (Phi) is 4.95. The van der Waals surface area contributed by atoms with E-state index in [0.717, 1.165) is 45.1 Å². The molecule has 1 N–H and O–H groups in total. The van der Waals surface area contributed by atoms with Gasteiger partial charge in [0, 0.05) is 30.6 Å². The van der Waals surface area contributed by atoms with Crippen LogP contribution in [-0.4, -0.2) is 25.8 Å². The maximum Gasteiger partial charge on any atom is 0.333 e. The number of nitrogens with one attached hydrogen (secondary N) is 1. The van der Waals surface area contributed by atoms with E-state index in [2.05, 4.69) is 63.5 Å². The van der Waals surface area contributed by atoms with E-state index in [1.54, 1.807) is 27.7 Å². The van der Waals surface area contributed by atoms with E-state index >= 15 is 0 Å². The normalized spacial score (nSPS) is 13.5. The Morgan fingerprint density at radius 1 is 0.886 bits per heavy atom. The van der Waals surface area contributed by atoms with Crippen LogP contribution in [0, 0.1) is 6.92 Å². The van der Waals surface area contributed by atoms with Crippen molar-refractivity contribution in [3.05, 3.63) is 119 Å². The van der Waals surface area contributed by atoms with Gasteiger partial charge in [0.1, 0.15) is 0 Å². The Morgan fingerprint density at radius 3 is 2.51 bits per heavy atom. The number of rotatable bonds is 4. The highest BCUT2D eigenvalue weighted by Gasteiger charge is 2.27. The number of para-hydroxylation sites is 1. The van der Waals surface area contributed by atoms with E-state index in [4.69, 9.17) is 0 Å². The van der Waals surface area contributed by atoms with Gasteiger partial charge >= 0.3 is 5.69 Å². The monoisotopic (exact) mass is 460 g/mol. The molecule has 6 rings (SSSR count). The van der Waals surface area contributed by atoms with Gasteiger partial charge in [-0.3, -0.25) is 14.1 Å². The van der Waals surface area contributed by atoms with Gasteiger partial charge in [0.25, 0.3) is 0 Å². The van der Waals surface area contributed by atoms with Gasteiger partial charge in [-0.15, -0.1) is 0 Å². The first-order valence-electron chi connectivity index (χ1n) is 11.5. The first kappa shape index (κ1) is 20.9. The summed E-state index contributed by atoms with van der Waals surface area (Å²) in [6.45, 7) is 2.66. The molecule has 35 heavy (non-hydrogen) atoms. The average molecular weight is 461 g/mol. The Balaban J connectivity index is 1.58. The van der Waals surface area contributed by atoms with Crippen molar-refractivity contribution >= 4 is 28.2 Å². The molecule has 0 unspecified atom stereocenters. The fourth-order valence-corrected chi connectivity index (χ4v) is 4.73. The lowest BCUT2D eigenvalue weighted by Crippen LogP contribution is -2.23. The van der Waals surface area contributed by atoms with Crippen LogP contribution in [0.25, 0.3) is 28.1 Å². The second-order valence-electron chi connectivity index (χ2n) is 8.64. The van der Waals surface area contributed by atoms with Crippen molar-refractivity contribution in [2.75, 3.05) is 11.6 Å². The van der Waals surface area contributed by atoms with Crippen molar-refractivity contribution in [1.29, 1.82) is 0 Å². The molecule has 3 aromatic carbocycles. The summed E-state index contributed by atoms with van der Waals surface area (Å²) in [4.78, 5) is 24.2. The summed E-state index contributed by atoms with van der Waals surface area (Å²) in [6.07, 6.45) is 5.14. The number of imidazole rings is 1. The Labute approximate surface area is 202 Å². The average Bonchev–Trinajstić information content (AvgIpc) is 3.44. The molecule has 0 radical (unpaired) electrons. The predicted octanol–water partition coefficient (Wildman–Crippen LogP) is 4.32. The molecule has 0 amide bonds. The molecule has 0 fully saturated rings. The molecule has 0 saturated heterocycles. The van der Waals surface area contributed by atoms with E-state index in [1.807, 2.05) is 43.4 Å². The Bertz CT molecular complexity index is 1630. The zero-order valence-electron chi connectivity index (χ0n) is 19.5. The van der Waals surface area contributed by atoms with Crippen molar-refractivity contribution < 1.29 is 0 Å². The summed E-state index contributed by atoms with van der Waals surface area (Å²) in [7, 11) is 1.82. The van der Waals surface area contributed by atoms with Gasteiger partial charge in [0.05, 0.1) is 41.0 Å². The van der Waals surface area contributed by atoms with Crippen LogP contribution in [0.1, 0.15) is 16.7 Å². The predicted molar refractivity (Wildman–Crippen MR) is 139 cm³/mol. The maximum atomic E-state index is 13.2. The minimum atomic E-state index is -0.0773. The summed E-state index contributed by atoms with van der Waals surface area (Å²) >= 11 is 0. The number of anilines is 1. The molecular weight excluding hydrogens is 436 g/mol. The smallest absolute Gasteiger partial charge is 0.333 e. The van der Waals surface area contributed by atoms with Crippen LogP contribution in [0.2, 0.25) is 0 Å². The highest BCUT2D eigenvalue weighted by Crippen LogP contribution is 2.36. The second-order valence-corrected chi connectivity index (χ2v) is 8.64. The number of fused-ring (bicyclic) bond motifs is 1. The Hall–Kier alpha value is -4.65. The van der Waals surface area contributed by atoms with Gasteiger partial charge in [0.2, 0.25) is 0 Å². The first-order valence-corrected chi connectivity index (χ1v) is 11.5. The number of aromatic nitrogens is 4. The van der Waals surface area contributed by atoms with Crippen molar-refractivity contribution in [3.63, 3.8) is 0 Å². The molecule has 2 aromatic heterocycles. The van der Waals surface area contributed by atoms with Crippen LogP contribution >= 0.6 is 0 Å². The first-order chi connectivity index (χ1) is 17.1. The van der Waals surface area contributed by atoms with Crippen molar-refractivity contribution in [2.24, 2.45) is 7.05 Å². The number of nitrogens with zero attached hydrogens (tertiary/aromatic N) is 5. The Morgan fingerprint density at radius 2 is 1.74 bits per heavy atom. The van der Waals surface area contributed by atoms with Crippen LogP contribution in [0.3, 0.4) is 0 Å². The van der Waals surface area contributed by atoms with Crippen molar-refractivity contribution in [1.82, 2.24) is 24.4 Å². The molecule has 0 saturated carbocycles. The van der Waals surface area contributed by atoms with Crippen molar-refractivity contribution in [3.8, 4) is 5.69 Å². The molecule has 1 aliphatic heterocycles. The largest absolute Gasteiger partial charge is 0.365 e. The zero-order valence-corrected chi connectivity index (χ0v) is 19.5. The van der Waals surface area contributed by atoms with Crippen LogP contribution in [-0.2, 0) is 7.05 Å². The van der Waals surface area contributed by atoms with Gasteiger partial charge in [0.15, 0.2) is 5.82 Å². The third-order valence-corrected chi connectivity index (χ3v) is 6.40. The van der Waals surface area contributed by atoms with E-state index in [9.17, 15) is 4.79 Å². The quantitative estimate of drug-likeness (QED) is 0.433. The lowest BCUT2D eigenvalue weighted by Gasteiger charge is -2.20. The van der Waals surface area contributed by atoms with Gasteiger partial charge in [-0.1, -0.05) is 48.0 Å². The van der Waals surface area contributed by atoms with Crippen LogP contribution in [0.5, 0.6) is 0 Å². The number of hydrogen-bond donors (Lipinski definition) is 1. The summed E-state index contributed by atoms with van der Waals surface area (Å²) in [5, 5.41) is 3.57. The molecule has 5 aromatic rings. The highest BCUT2D eigenvalue weighted by molar-refractivity contribution is 6.00. The van der Waals surface area contributed by atoms with E-state index in [1.165, 1.54) is 5.56 Å². The minimum absolute atomic E-state index is 0.0773. The SMILES string of the molecule is Cc1cccc(C2=C(c3ccc4c(c3)n(C)c(=O)n4-c3ccccc3)N(c3cnccn3)CN2)c1. The molecule has 0 atom stereocenters. The minimum Gasteiger partial charge on any atom is -0.365 e. The fraction of sp³-hybridized carbons (Fsp3) is 0.107. The molecule has 7 nitrogen and oxygen atoms in total. The van der Waals surface area contributed by atoms with Gasteiger partial charge in [-0.2, -0.15) is 0 Å². The summed E-state index contributed by atoms with van der Waals surface area (Å²) in [5.74, 6) is 0.758. The number of hydrogen-bond acceptors (Lipinski definition) is 5. The third-order valence-electron chi connectivity index (χ3n) is 6.40. The molecule has 3 heterocycles. The lowest BCUT2D eigenvalue weighted by atomic mass is 10.0. The zero-order chi connectivity index (χ0) is 23.9. The number of benzene rings is 3. The molecule has 0 aliphatic carbocycles. The van der Waals surface area contributed by atoms with E-state index in [-0.39, 0.29) is 5.69 Å². The molecule has 0 bridgehead atoms. The van der Waals surface area contributed by atoms with Gasteiger partial charge in [-0.05, 0) is 37.3 Å².